The van der Waals surface area contributed by atoms with E-state index < -0.39 is 4.92 Å². The predicted octanol–water partition coefficient (Wildman–Crippen LogP) is 4.62. The maximum Gasteiger partial charge on any atom is 0.269 e. The third-order valence-electron chi connectivity index (χ3n) is 2.68. The lowest BCUT2D eigenvalue weighted by Gasteiger charge is -2.06. The van der Waals surface area contributed by atoms with Crippen molar-refractivity contribution in [3.05, 3.63) is 73.8 Å². The molecule has 0 aromatic heterocycles. The standard InChI is InChI=1S/C14H11Cl2NO3/c15-12-3-1-10(2-4-12)8-20-9-11-7-13(17(18)19)5-6-14(11)16/h1-7H,8-9H2. The molecule has 0 amide bonds. The van der Waals surface area contributed by atoms with Crippen LogP contribution in [0.25, 0.3) is 0 Å². The Balaban J connectivity index is 1.98. The molecule has 0 aliphatic rings. The Morgan fingerprint density at radius 2 is 1.75 bits per heavy atom. The lowest BCUT2D eigenvalue weighted by Crippen LogP contribution is -1.96. The molecule has 0 aliphatic heterocycles. The maximum absolute atomic E-state index is 10.7. The van der Waals surface area contributed by atoms with Gasteiger partial charge in [0.05, 0.1) is 18.1 Å². The van der Waals surface area contributed by atoms with Gasteiger partial charge in [-0.2, -0.15) is 0 Å². The molecule has 20 heavy (non-hydrogen) atoms. The van der Waals surface area contributed by atoms with Crippen LogP contribution in [0, 0.1) is 10.1 Å². The van der Waals surface area contributed by atoms with Gasteiger partial charge in [0.15, 0.2) is 0 Å². The van der Waals surface area contributed by atoms with Gasteiger partial charge in [0.1, 0.15) is 0 Å². The van der Waals surface area contributed by atoms with E-state index in [1.54, 1.807) is 12.1 Å². The highest BCUT2D eigenvalue weighted by molar-refractivity contribution is 6.31. The first kappa shape index (κ1) is 14.8. The molecule has 6 heteroatoms. The number of nitro groups is 1. The van der Waals surface area contributed by atoms with Crippen molar-refractivity contribution in [3.63, 3.8) is 0 Å². The van der Waals surface area contributed by atoms with Crippen LogP contribution < -0.4 is 0 Å². The van der Waals surface area contributed by atoms with E-state index in [1.807, 2.05) is 12.1 Å². The topological polar surface area (TPSA) is 52.4 Å². The van der Waals surface area contributed by atoms with Crippen molar-refractivity contribution in [2.45, 2.75) is 13.2 Å². The summed E-state index contributed by atoms with van der Waals surface area (Å²) in [5, 5.41) is 11.8. The molecule has 104 valence electrons. The van der Waals surface area contributed by atoms with Gasteiger partial charge in [0, 0.05) is 27.7 Å². The highest BCUT2D eigenvalue weighted by atomic mass is 35.5. The number of nitro benzene ring substituents is 1. The first-order valence-corrected chi connectivity index (χ1v) is 6.57. The van der Waals surface area contributed by atoms with Crippen LogP contribution in [0.4, 0.5) is 5.69 Å². The minimum atomic E-state index is -0.459. The molecule has 2 aromatic rings. The van der Waals surface area contributed by atoms with E-state index in [1.165, 1.54) is 18.2 Å². The second-order valence-corrected chi connectivity index (χ2v) is 5.00. The van der Waals surface area contributed by atoms with Crippen LogP contribution in [0.3, 0.4) is 0 Å². The normalized spacial score (nSPS) is 10.5. The Labute approximate surface area is 126 Å². The monoisotopic (exact) mass is 311 g/mol. The summed E-state index contributed by atoms with van der Waals surface area (Å²) in [6.45, 7) is 0.597. The third-order valence-corrected chi connectivity index (χ3v) is 3.30. The first-order chi connectivity index (χ1) is 9.56. The van der Waals surface area contributed by atoms with Crippen LogP contribution in [-0.4, -0.2) is 4.92 Å². The van der Waals surface area contributed by atoms with E-state index in [9.17, 15) is 10.1 Å². The fourth-order valence-corrected chi connectivity index (χ4v) is 1.94. The summed E-state index contributed by atoms with van der Waals surface area (Å²) in [7, 11) is 0. The van der Waals surface area contributed by atoms with Crippen molar-refractivity contribution in [2.75, 3.05) is 0 Å². The second-order valence-electron chi connectivity index (χ2n) is 4.15. The van der Waals surface area contributed by atoms with Crippen LogP contribution in [0.1, 0.15) is 11.1 Å². The smallest absolute Gasteiger partial charge is 0.269 e. The van der Waals surface area contributed by atoms with Gasteiger partial charge in [-0.15, -0.1) is 0 Å². The molecular formula is C14H11Cl2NO3. The largest absolute Gasteiger partial charge is 0.372 e. The molecule has 0 saturated carbocycles. The van der Waals surface area contributed by atoms with Gasteiger partial charge in [0.25, 0.3) is 5.69 Å². The summed E-state index contributed by atoms with van der Waals surface area (Å²) in [5.41, 5.74) is 1.56. The first-order valence-electron chi connectivity index (χ1n) is 5.81. The molecule has 0 unspecified atom stereocenters. The molecule has 2 rings (SSSR count). The van der Waals surface area contributed by atoms with Gasteiger partial charge >= 0.3 is 0 Å². The van der Waals surface area contributed by atoms with E-state index in [0.29, 0.717) is 22.2 Å². The quantitative estimate of drug-likeness (QED) is 0.598. The number of ether oxygens (including phenoxy) is 1. The number of benzene rings is 2. The molecule has 2 aromatic carbocycles. The number of nitrogens with zero attached hydrogens (tertiary/aromatic N) is 1. The fourth-order valence-electron chi connectivity index (χ4n) is 1.64. The number of non-ortho nitro benzene ring substituents is 1. The summed E-state index contributed by atoms with van der Waals surface area (Å²) < 4.78 is 5.51. The van der Waals surface area contributed by atoms with Crippen LogP contribution in [0.15, 0.2) is 42.5 Å². The van der Waals surface area contributed by atoms with Gasteiger partial charge < -0.3 is 4.74 Å². The summed E-state index contributed by atoms with van der Waals surface area (Å²) in [4.78, 5) is 10.2. The Bertz CT molecular complexity index is 614. The Morgan fingerprint density at radius 3 is 2.40 bits per heavy atom. The lowest BCUT2D eigenvalue weighted by molar-refractivity contribution is -0.384. The van der Waals surface area contributed by atoms with Gasteiger partial charge in [-0.1, -0.05) is 35.3 Å². The average molecular weight is 312 g/mol. The van der Waals surface area contributed by atoms with Crippen molar-refractivity contribution in [2.24, 2.45) is 0 Å². The molecule has 4 nitrogen and oxygen atoms in total. The zero-order valence-corrected chi connectivity index (χ0v) is 11.9. The summed E-state index contributed by atoms with van der Waals surface area (Å²) in [5.74, 6) is 0. The van der Waals surface area contributed by atoms with Crippen molar-refractivity contribution >= 4 is 28.9 Å². The van der Waals surface area contributed by atoms with E-state index >= 15 is 0 Å². The zero-order chi connectivity index (χ0) is 14.5. The van der Waals surface area contributed by atoms with E-state index in [2.05, 4.69) is 0 Å². The van der Waals surface area contributed by atoms with Crippen LogP contribution >= 0.6 is 23.2 Å². The fraction of sp³-hybridized carbons (Fsp3) is 0.143. The van der Waals surface area contributed by atoms with Crippen molar-refractivity contribution in [3.8, 4) is 0 Å². The number of halogens is 2. The molecule has 0 fully saturated rings. The van der Waals surface area contributed by atoms with Gasteiger partial charge in [-0.3, -0.25) is 10.1 Å². The summed E-state index contributed by atoms with van der Waals surface area (Å²) in [6, 6.07) is 11.6. The molecule has 0 radical (unpaired) electrons. The molecule has 0 saturated heterocycles. The average Bonchev–Trinajstić information content (AvgIpc) is 2.43. The van der Waals surface area contributed by atoms with Crippen LogP contribution in [0.2, 0.25) is 10.0 Å². The van der Waals surface area contributed by atoms with Gasteiger partial charge in [0.2, 0.25) is 0 Å². The highest BCUT2D eigenvalue weighted by Crippen LogP contribution is 2.23. The van der Waals surface area contributed by atoms with Gasteiger partial charge in [-0.05, 0) is 23.8 Å². The molecular weight excluding hydrogens is 301 g/mol. The molecule has 0 bridgehead atoms. The molecule has 0 aliphatic carbocycles. The number of hydrogen-bond donors (Lipinski definition) is 0. The van der Waals surface area contributed by atoms with Crippen LogP contribution in [0.5, 0.6) is 0 Å². The zero-order valence-electron chi connectivity index (χ0n) is 10.4. The summed E-state index contributed by atoms with van der Waals surface area (Å²) in [6.07, 6.45) is 0. The SMILES string of the molecule is O=[N+]([O-])c1ccc(Cl)c(COCc2ccc(Cl)cc2)c1. The van der Waals surface area contributed by atoms with Crippen LogP contribution in [-0.2, 0) is 18.0 Å². The van der Waals surface area contributed by atoms with Crippen molar-refractivity contribution in [1.29, 1.82) is 0 Å². The van der Waals surface area contributed by atoms with E-state index in [-0.39, 0.29) is 12.3 Å². The second kappa shape index (κ2) is 6.70. The highest BCUT2D eigenvalue weighted by Gasteiger charge is 2.09. The lowest BCUT2D eigenvalue weighted by atomic mass is 10.2. The minimum absolute atomic E-state index is 0.000470. The van der Waals surface area contributed by atoms with E-state index in [0.717, 1.165) is 5.56 Å². The van der Waals surface area contributed by atoms with Crippen molar-refractivity contribution < 1.29 is 9.66 Å². The van der Waals surface area contributed by atoms with E-state index in [4.69, 9.17) is 27.9 Å². The third kappa shape index (κ3) is 3.93. The van der Waals surface area contributed by atoms with Crippen molar-refractivity contribution in [1.82, 2.24) is 0 Å². The Morgan fingerprint density at radius 1 is 1.05 bits per heavy atom. The predicted molar refractivity (Wildman–Crippen MR) is 78.1 cm³/mol. The molecule has 0 spiro atoms. The minimum Gasteiger partial charge on any atom is -0.372 e. The Hall–Kier alpha value is -1.62. The van der Waals surface area contributed by atoms with Gasteiger partial charge in [-0.25, -0.2) is 0 Å². The maximum atomic E-state index is 10.7. The molecule has 0 atom stereocenters. The number of rotatable bonds is 5. The summed E-state index contributed by atoms with van der Waals surface area (Å²) >= 11 is 11.8. The molecule has 0 heterocycles. The molecule has 0 N–H and O–H groups in total. The Kier molecular flexibility index (Phi) is 4.95. The number of hydrogen-bond acceptors (Lipinski definition) is 3.